The highest BCUT2D eigenvalue weighted by atomic mass is 16.5. The highest BCUT2D eigenvalue weighted by molar-refractivity contribution is 5.90. The Bertz CT molecular complexity index is 748. The zero-order valence-electron chi connectivity index (χ0n) is 16.5. The van der Waals surface area contributed by atoms with Gasteiger partial charge in [0.25, 0.3) is 5.91 Å². The predicted octanol–water partition coefficient (Wildman–Crippen LogP) is 2.79. The number of hydrogen-bond acceptors (Lipinski definition) is 4. The Morgan fingerprint density at radius 2 is 2.11 bits per heavy atom. The molecule has 2 heterocycles. The van der Waals surface area contributed by atoms with Gasteiger partial charge in [-0.2, -0.15) is 0 Å². The quantitative estimate of drug-likeness (QED) is 0.814. The number of hydrogen-bond donors (Lipinski definition) is 1. The highest BCUT2D eigenvalue weighted by Crippen LogP contribution is 2.18. The number of nitrogens with one attached hydrogen (secondary N) is 1. The maximum Gasteiger partial charge on any atom is 0.287 e. The van der Waals surface area contributed by atoms with Crippen molar-refractivity contribution in [1.82, 2.24) is 19.8 Å². The lowest BCUT2D eigenvalue weighted by Gasteiger charge is -2.34. The number of nitrogens with zero attached hydrogens (tertiary/aromatic N) is 3. The minimum Gasteiger partial charge on any atom is -0.497 e. The van der Waals surface area contributed by atoms with Gasteiger partial charge in [-0.05, 0) is 63.4 Å². The van der Waals surface area contributed by atoms with Crippen LogP contribution in [-0.2, 0) is 6.54 Å². The number of carbonyl (C=O) groups is 1. The number of benzene rings is 1. The molecule has 1 aliphatic rings. The Kier molecular flexibility index (Phi) is 6.50. The Morgan fingerprint density at radius 3 is 2.81 bits per heavy atom. The summed E-state index contributed by atoms with van der Waals surface area (Å²) in [5.41, 5.74) is 1.07. The van der Waals surface area contributed by atoms with Crippen LogP contribution in [0.1, 0.15) is 42.9 Å². The average Bonchev–Trinajstić information content (AvgIpc) is 3.14. The van der Waals surface area contributed by atoms with Gasteiger partial charge in [0.1, 0.15) is 5.75 Å². The number of rotatable bonds is 7. The molecule has 0 spiro atoms. The van der Waals surface area contributed by atoms with Crippen molar-refractivity contribution in [3.05, 3.63) is 48.0 Å². The fourth-order valence-corrected chi connectivity index (χ4v) is 3.60. The first kappa shape index (κ1) is 19.4. The molecule has 1 fully saturated rings. The van der Waals surface area contributed by atoms with Gasteiger partial charge in [-0.1, -0.05) is 12.1 Å². The van der Waals surface area contributed by atoms with Crippen LogP contribution in [0, 0.1) is 5.92 Å². The number of aromatic nitrogens is 2. The van der Waals surface area contributed by atoms with Gasteiger partial charge < -0.3 is 19.5 Å². The van der Waals surface area contributed by atoms with E-state index in [0.717, 1.165) is 43.8 Å². The van der Waals surface area contributed by atoms with Crippen LogP contribution in [0.15, 0.2) is 36.7 Å². The van der Waals surface area contributed by atoms with Crippen molar-refractivity contribution in [2.45, 2.75) is 39.3 Å². The van der Waals surface area contributed by atoms with Crippen LogP contribution in [-0.4, -0.2) is 53.1 Å². The summed E-state index contributed by atoms with van der Waals surface area (Å²) in [4.78, 5) is 19.4. The standard InChI is InChI=1S/C21H30N4O2/c1-16(2)24-10-7-17(8-11-24)14-23-21(26)20-22-9-12-25(20)15-18-5-4-6-19(13-18)27-3/h4-6,9,12-13,16-17H,7-8,10-11,14-15H2,1-3H3,(H,23,26). The van der Waals surface area contributed by atoms with Crippen LogP contribution in [0.5, 0.6) is 5.75 Å². The third kappa shape index (κ3) is 5.10. The molecular weight excluding hydrogens is 340 g/mol. The van der Waals surface area contributed by atoms with Gasteiger partial charge in [-0.15, -0.1) is 0 Å². The second kappa shape index (κ2) is 9.04. The topological polar surface area (TPSA) is 59.4 Å². The summed E-state index contributed by atoms with van der Waals surface area (Å²) >= 11 is 0. The molecule has 0 saturated carbocycles. The van der Waals surface area contributed by atoms with Gasteiger partial charge in [0.15, 0.2) is 5.82 Å². The second-order valence-corrected chi connectivity index (χ2v) is 7.51. The first-order valence-electron chi connectivity index (χ1n) is 9.73. The van der Waals surface area contributed by atoms with E-state index < -0.39 is 0 Å². The number of likely N-dealkylation sites (tertiary alicyclic amines) is 1. The van der Waals surface area contributed by atoms with Crippen LogP contribution in [0.2, 0.25) is 0 Å². The molecule has 2 aromatic rings. The molecule has 0 unspecified atom stereocenters. The lowest BCUT2D eigenvalue weighted by molar-refractivity contribution is 0.0915. The largest absolute Gasteiger partial charge is 0.497 e. The van der Waals surface area contributed by atoms with Crippen molar-refractivity contribution in [2.24, 2.45) is 5.92 Å². The molecule has 6 nitrogen and oxygen atoms in total. The van der Waals surface area contributed by atoms with E-state index >= 15 is 0 Å². The summed E-state index contributed by atoms with van der Waals surface area (Å²) in [5.74, 6) is 1.71. The monoisotopic (exact) mass is 370 g/mol. The van der Waals surface area contributed by atoms with Crippen molar-refractivity contribution < 1.29 is 9.53 Å². The van der Waals surface area contributed by atoms with Gasteiger partial charge in [0, 0.05) is 31.5 Å². The molecule has 6 heteroatoms. The SMILES string of the molecule is COc1cccc(Cn2ccnc2C(=O)NCC2CCN(C(C)C)CC2)c1. The molecule has 1 N–H and O–H groups in total. The maximum atomic E-state index is 12.6. The first-order valence-corrected chi connectivity index (χ1v) is 9.73. The van der Waals surface area contributed by atoms with E-state index in [-0.39, 0.29) is 5.91 Å². The smallest absolute Gasteiger partial charge is 0.287 e. The number of piperidine rings is 1. The summed E-state index contributed by atoms with van der Waals surface area (Å²) in [7, 11) is 1.65. The zero-order valence-corrected chi connectivity index (χ0v) is 16.5. The third-order valence-corrected chi connectivity index (χ3v) is 5.34. The number of imidazole rings is 1. The number of methoxy groups -OCH3 is 1. The molecule has 1 aromatic carbocycles. The molecule has 1 aromatic heterocycles. The van der Waals surface area contributed by atoms with Gasteiger partial charge in [0.05, 0.1) is 7.11 Å². The predicted molar refractivity (Wildman–Crippen MR) is 106 cm³/mol. The third-order valence-electron chi connectivity index (χ3n) is 5.34. The van der Waals surface area contributed by atoms with Crippen molar-refractivity contribution in [3.8, 4) is 5.75 Å². The highest BCUT2D eigenvalue weighted by Gasteiger charge is 2.22. The first-order chi connectivity index (χ1) is 13.1. The molecule has 3 rings (SSSR count). The molecule has 1 amide bonds. The normalized spacial score (nSPS) is 15.9. The Labute approximate surface area is 161 Å². The molecule has 1 saturated heterocycles. The summed E-state index contributed by atoms with van der Waals surface area (Å²) in [6.45, 7) is 8.02. The minimum atomic E-state index is -0.103. The van der Waals surface area contributed by atoms with Crippen LogP contribution >= 0.6 is 0 Å². The van der Waals surface area contributed by atoms with E-state index in [0.29, 0.717) is 24.3 Å². The molecule has 27 heavy (non-hydrogen) atoms. The van der Waals surface area contributed by atoms with Crippen molar-refractivity contribution in [2.75, 3.05) is 26.7 Å². The lowest BCUT2D eigenvalue weighted by atomic mass is 9.96. The molecule has 0 atom stereocenters. The molecular formula is C21H30N4O2. The summed E-state index contributed by atoms with van der Waals surface area (Å²) < 4.78 is 7.15. The fourth-order valence-electron chi connectivity index (χ4n) is 3.60. The summed E-state index contributed by atoms with van der Waals surface area (Å²) in [5, 5.41) is 3.08. The molecule has 0 bridgehead atoms. The summed E-state index contributed by atoms with van der Waals surface area (Å²) in [6.07, 6.45) is 5.79. The minimum absolute atomic E-state index is 0.103. The van der Waals surface area contributed by atoms with Crippen LogP contribution in [0.25, 0.3) is 0 Å². The Hall–Kier alpha value is -2.34. The number of carbonyl (C=O) groups excluding carboxylic acids is 1. The van der Waals surface area contributed by atoms with Crippen LogP contribution in [0.3, 0.4) is 0 Å². The lowest BCUT2D eigenvalue weighted by Crippen LogP contribution is -2.41. The van der Waals surface area contributed by atoms with Gasteiger partial charge in [-0.25, -0.2) is 4.98 Å². The van der Waals surface area contributed by atoms with E-state index in [2.05, 4.69) is 29.0 Å². The second-order valence-electron chi connectivity index (χ2n) is 7.51. The molecule has 0 radical (unpaired) electrons. The average molecular weight is 370 g/mol. The Morgan fingerprint density at radius 1 is 1.33 bits per heavy atom. The number of ether oxygens (including phenoxy) is 1. The Balaban J connectivity index is 1.54. The van der Waals surface area contributed by atoms with Gasteiger partial charge in [0.2, 0.25) is 0 Å². The van der Waals surface area contributed by atoms with Crippen LogP contribution < -0.4 is 10.1 Å². The van der Waals surface area contributed by atoms with Crippen molar-refractivity contribution >= 4 is 5.91 Å². The van der Waals surface area contributed by atoms with E-state index in [1.54, 1.807) is 13.3 Å². The molecule has 0 aliphatic carbocycles. The van der Waals surface area contributed by atoms with E-state index in [1.807, 2.05) is 35.0 Å². The summed E-state index contributed by atoms with van der Waals surface area (Å²) in [6, 6.07) is 8.46. The molecule has 146 valence electrons. The zero-order chi connectivity index (χ0) is 19.2. The van der Waals surface area contributed by atoms with E-state index in [9.17, 15) is 4.79 Å². The van der Waals surface area contributed by atoms with Crippen molar-refractivity contribution in [1.29, 1.82) is 0 Å². The van der Waals surface area contributed by atoms with Crippen LogP contribution in [0.4, 0.5) is 0 Å². The molecule has 1 aliphatic heterocycles. The van der Waals surface area contributed by atoms with Gasteiger partial charge in [-0.3, -0.25) is 4.79 Å². The fraction of sp³-hybridized carbons (Fsp3) is 0.524. The maximum absolute atomic E-state index is 12.6. The van der Waals surface area contributed by atoms with Crippen molar-refractivity contribution in [3.63, 3.8) is 0 Å². The van der Waals surface area contributed by atoms with E-state index in [1.165, 1.54) is 0 Å². The number of amides is 1. The van der Waals surface area contributed by atoms with Gasteiger partial charge >= 0.3 is 0 Å². The van der Waals surface area contributed by atoms with E-state index in [4.69, 9.17) is 4.74 Å².